The molecule has 0 radical (unpaired) electrons. The van der Waals surface area contributed by atoms with Gasteiger partial charge in [0.1, 0.15) is 28.3 Å². The molecule has 3 heterocycles. The van der Waals surface area contributed by atoms with Crippen LogP contribution in [0.5, 0.6) is 5.75 Å². The number of pyridine rings is 1. The minimum atomic E-state index is -4.55. The summed E-state index contributed by atoms with van der Waals surface area (Å²) < 4.78 is 53.3. The molecule has 5 aromatic rings. The Kier molecular flexibility index (Phi) is 6.85. The molecule has 0 aliphatic rings. The van der Waals surface area contributed by atoms with Crippen molar-refractivity contribution in [1.82, 2.24) is 14.5 Å². The van der Waals surface area contributed by atoms with Gasteiger partial charge in [-0.15, -0.1) is 11.3 Å². The van der Waals surface area contributed by atoms with Crippen molar-refractivity contribution in [1.29, 1.82) is 0 Å². The number of carbonyl (C=O) groups is 1. The average molecular weight is 558 g/mol. The lowest BCUT2D eigenvalue weighted by Gasteiger charge is -2.19. The van der Waals surface area contributed by atoms with Crippen molar-refractivity contribution in [3.63, 3.8) is 0 Å². The van der Waals surface area contributed by atoms with E-state index in [1.54, 1.807) is 29.2 Å². The van der Waals surface area contributed by atoms with E-state index in [1.165, 1.54) is 32.2 Å². The van der Waals surface area contributed by atoms with Gasteiger partial charge in [-0.25, -0.2) is 14.8 Å². The van der Waals surface area contributed by atoms with Crippen molar-refractivity contribution in [2.45, 2.75) is 19.2 Å². The normalized spacial score (nSPS) is 12.5. The maximum atomic E-state index is 13.6. The molecule has 3 aromatic heterocycles. The van der Waals surface area contributed by atoms with Crippen LogP contribution < -0.4 is 4.74 Å². The first-order chi connectivity index (χ1) is 18.2. The summed E-state index contributed by atoms with van der Waals surface area (Å²) in [6.07, 6.45) is -2.31. The standard InChI is InChI=1S/C27H19ClF3N3O3S/c1-15(18-5-3-4-6-19(18)27(29,30)31)37-22-13-24(38-25(22)26(35)36-2)34-14-33-20-11-16(7-8-21(20)34)17-9-10-32-23(28)12-17/h3-15H,1-2H3/t15-/m1/s1. The lowest BCUT2D eigenvalue weighted by Crippen LogP contribution is -2.14. The van der Waals surface area contributed by atoms with Crippen LogP contribution in [0.25, 0.3) is 27.2 Å². The van der Waals surface area contributed by atoms with E-state index in [0.29, 0.717) is 15.7 Å². The number of nitrogens with zero attached hydrogens (tertiary/aromatic N) is 3. The first kappa shape index (κ1) is 25.7. The molecular weight excluding hydrogens is 539 g/mol. The molecule has 0 aliphatic heterocycles. The minimum Gasteiger partial charge on any atom is -0.484 e. The highest BCUT2D eigenvalue weighted by atomic mass is 35.5. The van der Waals surface area contributed by atoms with Crippen LogP contribution in [-0.2, 0) is 10.9 Å². The van der Waals surface area contributed by atoms with E-state index < -0.39 is 23.8 Å². The fraction of sp³-hybridized carbons (Fsp3) is 0.148. The number of fused-ring (bicyclic) bond motifs is 1. The Morgan fingerprint density at radius 3 is 2.55 bits per heavy atom. The van der Waals surface area contributed by atoms with Crippen LogP contribution in [-0.4, -0.2) is 27.6 Å². The van der Waals surface area contributed by atoms with Gasteiger partial charge in [0.15, 0.2) is 4.88 Å². The summed E-state index contributed by atoms with van der Waals surface area (Å²) in [7, 11) is 1.23. The summed E-state index contributed by atoms with van der Waals surface area (Å²) in [4.78, 5) is 21.2. The van der Waals surface area contributed by atoms with Crippen molar-refractivity contribution >= 4 is 39.9 Å². The Morgan fingerprint density at radius 2 is 1.82 bits per heavy atom. The molecule has 0 N–H and O–H groups in total. The topological polar surface area (TPSA) is 66.2 Å². The molecule has 0 amide bonds. The summed E-state index contributed by atoms with van der Waals surface area (Å²) in [5.41, 5.74) is 2.39. The van der Waals surface area contributed by atoms with E-state index >= 15 is 0 Å². The molecule has 0 unspecified atom stereocenters. The predicted octanol–water partition coefficient (Wildman–Crippen LogP) is 7.75. The van der Waals surface area contributed by atoms with Gasteiger partial charge in [-0.05, 0) is 48.4 Å². The van der Waals surface area contributed by atoms with Crippen molar-refractivity contribution in [2.75, 3.05) is 7.11 Å². The number of esters is 1. The minimum absolute atomic E-state index is 0.0413. The highest BCUT2D eigenvalue weighted by Gasteiger charge is 2.35. The first-order valence-electron chi connectivity index (χ1n) is 11.3. The molecular formula is C27H19ClF3N3O3S. The number of thiophene rings is 1. The second-order valence-electron chi connectivity index (χ2n) is 8.30. The Hall–Kier alpha value is -3.89. The van der Waals surface area contributed by atoms with Crippen LogP contribution >= 0.6 is 22.9 Å². The summed E-state index contributed by atoms with van der Waals surface area (Å²) in [5, 5.41) is 0.959. The zero-order valence-electron chi connectivity index (χ0n) is 20.0. The molecule has 0 saturated carbocycles. The number of hydrogen-bond donors (Lipinski definition) is 0. The largest absolute Gasteiger partial charge is 0.484 e. The molecule has 0 saturated heterocycles. The first-order valence-corrected chi connectivity index (χ1v) is 12.5. The molecule has 1 atom stereocenters. The number of rotatable bonds is 6. The molecule has 194 valence electrons. The maximum Gasteiger partial charge on any atom is 0.416 e. The van der Waals surface area contributed by atoms with E-state index in [-0.39, 0.29) is 16.2 Å². The second-order valence-corrected chi connectivity index (χ2v) is 9.72. The van der Waals surface area contributed by atoms with Gasteiger partial charge in [0.2, 0.25) is 0 Å². The summed E-state index contributed by atoms with van der Waals surface area (Å²) in [6, 6.07) is 16.1. The van der Waals surface area contributed by atoms with Crippen molar-refractivity contribution < 1.29 is 27.4 Å². The number of ether oxygens (including phenoxy) is 2. The molecule has 38 heavy (non-hydrogen) atoms. The zero-order chi connectivity index (χ0) is 27.0. The Labute approximate surface area is 224 Å². The van der Waals surface area contributed by atoms with Crippen LogP contribution in [0.4, 0.5) is 13.2 Å². The van der Waals surface area contributed by atoms with Gasteiger partial charge in [0.05, 0.1) is 23.7 Å². The fourth-order valence-electron chi connectivity index (χ4n) is 4.12. The maximum absolute atomic E-state index is 13.6. The van der Waals surface area contributed by atoms with Gasteiger partial charge in [-0.2, -0.15) is 13.2 Å². The number of carbonyl (C=O) groups excluding carboxylic acids is 1. The van der Waals surface area contributed by atoms with Crippen LogP contribution in [0.3, 0.4) is 0 Å². The SMILES string of the molecule is COC(=O)c1sc(-n2cnc3cc(-c4ccnc(Cl)c4)ccc32)cc1O[C@H](C)c1ccccc1C(F)(F)F. The molecule has 0 fully saturated rings. The van der Waals surface area contributed by atoms with Crippen LogP contribution in [0.2, 0.25) is 5.15 Å². The molecule has 2 aromatic carbocycles. The van der Waals surface area contributed by atoms with Gasteiger partial charge in [0.25, 0.3) is 0 Å². The number of benzene rings is 2. The third kappa shape index (κ3) is 4.97. The monoisotopic (exact) mass is 557 g/mol. The number of hydrogen-bond acceptors (Lipinski definition) is 6. The fourth-order valence-corrected chi connectivity index (χ4v) is 5.28. The average Bonchev–Trinajstić information content (AvgIpc) is 3.51. The zero-order valence-corrected chi connectivity index (χ0v) is 21.6. The molecule has 0 bridgehead atoms. The lowest BCUT2D eigenvalue weighted by molar-refractivity contribution is -0.139. The van der Waals surface area contributed by atoms with Gasteiger partial charge in [0, 0.05) is 17.8 Å². The number of aromatic nitrogens is 3. The van der Waals surface area contributed by atoms with Crippen molar-refractivity contribution in [2.24, 2.45) is 0 Å². The third-order valence-electron chi connectivity index (χ3n) is 5.91. The quantitative estimate of drug-likeness (QED) is 0.158. The van der Waals surface area contributed by atoms with Gasteiger partial charge < -0.3 is 9.47 Å². The molecule has 0 spiro atoms. The van der Waals surface area contributed by atoms with E-state index in [2.05, 4.69) is 9.97 Å². The van der Waals surface area contributed by atoms with Crippen LogP contribution in [0.1, 0.15) is 33.8 Å². The van der Waals surface area contributed by atoms with Crippen LogP contribution in [0.15, 0.2) is 73.2 Å². The number of methoxy groups -OCH3 is 1. The smallest absolute Gasteiger partial charge is 0.416 e. The Morgan fingerprint density at radius 1 is 1.05 bits per heavy atom. The summed E-state index contributed by atoms with van der Waals surface area (Å²) in [5.74, 6) is -0.542. The van der Waals surface area contributed by atoms with Gasteiger partial charge in [-0.1, -0.05) is 35.9 Å². The van der Waals surface area contributed by atoms with Gasteiger partial charge in [-0.3, -0.25) is 4.57 Å². The van der Waals surface area contributed by atoms with Crippen molar-refractivity contribution in [3.05, 3.63) is 94.3 Å². The summed E-state index contributed by atoms with van der Waals surface area (Å²) >= 11 is 7.11. The van der Waals surface area contributed by atoms with Crippen molar-refractivity contribution in [3.8, 4) is 21.9 Å². The van der Waals surface area contributed by atoms with Crippen LogP contribution in [0, 0.1) is 0 Å². The Bertz CT molecular complexity index is 1650. The molecule has 6 nitrogen and oxygen atoms in total. The molecule has 11 heteroatoms. The third-order valence-corrected chi connectivity index (χ3v) is 7.21. The molecule has 0 aliphatic carbocycles. The second kappa shape index (κ2) is 10.1. The number of halogens is 4. The molecule has 5 rings (SSSR count). The van der Waals surface area contributed by atoms with E-state index in [1.807, 2.05) is 24.3 Å². The van der Waals surface area contributed by atoms with E-state index in [4.69, 9.17) is 21.1 Å². The van der Waals surface area contributed by atoms with Gasteiger partial charge >= 0.3 is 12.1 Å². The number of alkyl halides is 3. The predicted molar refractivity (Wildman–Crippen MR) is 139 cm³/mol. The lowest BCUT2D eigenvalue weighted by atomic mass is 10.0. The highest BCUT2D eigenvalue weighted by molar-refractivity contribution is 7.16. The highest BCUT2D eigenvalue weighted by Crippen LogP contribution is 2.40. The number of imidazole rings is 1. The van der Waals surface area contributed by atoms with E-state index in [9.17, 15) is 18.0 Å². The Balaban J connectivity index is 1.52. The van der Waals surface area contributed by atoms with E-state index in [0.717, 1.165) is 34.0 Å². The summed E-state index contributed by atoms with van der Waals surface area (Å²) in [6.45, 7) is 1.50.